The van der Waals surface area contributed by atoms with Gasteiger partial charge in [-0.15, -0.1) is 12.4 Å². The molecule has 3 rings (SSSR count). The maximum absolute atomic E-state index is 12.7. The van der Waals surface area contributed by atoms with Crippen LogP contribution in [-0.2, 0) is 15.4 Å². The van der Waals surface area contributed by atoms with E-state index < -0.39 is 10.0 Å². The molecule has 2 aliphatic heterocycles. The van der Waals surface area contributed by atoms with Crippen molar-refractivity contribution in [3.05, 3.63) is 29.8 Å². The zero-order valence-electron chi connectivity index (χ0n) is 13.4. The molecule has 0 aliphatic carbocycles. The van der Waals surface area contributed by atoms with E-state index in [1.165, 1.54) is 0 Å². The predicted octanol–water partition coefficient (Wildman–Crippen LogP) is 2.25. The van der Waals surface area contributed by atoms with Gasteiger partial charge in [-0.05, 0) is 48.0 Å². The first-order chi connectivity index (χ1) is 9.78. The van der Waals surface area contributed by atoms with Crippen molar-refractivity contribution in [1.82, 2.24) is 9.62 Å². The summed E-state index contributed by atoms with van der Waals surface area (Å²) in [5.74, 6) is 0.960. The second-order valence-electron chi connectivity index (χ2n) is 7.27. The maximum atomic E-state index is 12.7. The third-order valence-electron chi connectivity index (χ3n) is 4.71. The zero-order chi connectivity index (χ0) is 15.3. The number of nitrogens with one attached hydrogen (secondary N) is 1. The van der Waals surface area contributed by atoms with E-state index in [1.54, 1.807) is 16.4 Å². The molecular weight excluding hydrogens is 320 g/mol. The van der Waals surface area contributed by atoms with Crippen molar-refractivity contribution in [2.75, 3.05) is 26.2 Å². The second kappa shape index (κ2) is 6.11. The van der Waals surface area contributed by atoms with Crippen LogP contribution in [0.2, 0.25) is 0 Å². The predicted molar refractivity (Wildman–Crippen MR) is 91.0 cm³/mol. The number of nitrogens with zero attached hydrogens (tertiary/aromatic N) is 1. The highest BCUT2D eigenvalue weighted by atomic mass is 35.5. The molecule has 0 bridgehead atoms. The largest absolute Gasteiger partial charge is 0.316 e. The first-order valence-corrected chi connectivity index (χ1v) is 9.04. The number of halogens is 1. The van der Waals surface area contributed by atoms with Gasteiger partial charge in [-0.2, -0.15) is 4.31 Å². The van der Waals surface area contributed by atoms with Gasteiger partial charge in [-0.3, -0.25) is 0 Å². The van der Waals surface area contributed by atoms with Crippen LogP contribution in [0.15, 0.2) is 29.2 Å². The third kappa shape index (κ3) is 3.18. The number of benzene rings is 1. The van der Waals surface area contributed by atoms with Crippen molar-refractivity contribution >= 4 is 22.4 Å². The zero-order valence-corrected chi connectivity index (χ0v) is 15.0. The number of hydrogen-bond donors (Lipinski definition) is 1. The summed E-state index contributed by atoms with van der Waals surface area (Å²) in [6.45, 7) is 9.59. The van der Waals surface area contributed by atoms with Crippen LogP contribution in [0.3, 0.4) is 0 Å². The molecule has 0 aromatic heterocycles. The highest BCUT2D eigenvalue weighted by Crippen LogP contribution is 2.31. The fraction of sp³-hybridized carbons (Fsp3) is 0.625. The summed E-state index contributed by atoms with van der Waals surface area (Å²) in [4.78, 5) is 0.420. The van der Waals surface area contributed by atoms with Gasteiger partial charge in [-0.25, -0.2) is 8.42 Å². The molecule has 2 aliphatic rings. The SMILES string of the molecule is CC(C)(C)c1ccc(S(=O)(=O)N2C[C@H]3CNC[C@H]3C2)cc1.Cl. The molecule has 124 valence electrons. The van der Waals surface area contributed by atoms with Gasteiger partial charge in [0.25, 0.3) is 0 Å². The lowest BCUT2D eigenvalue weighted by molar-refractivity contribution is 0.448. The van der Waals surface area contributed by atoms with E-state index in [0.717, 1.165) is 18.7 Å². The van der Waals surface area contributed by atoms with Gasteiger partial charge in [0.1, 0.15) is 0 Å². The molecule has 0 amide bonds. The molecule has 2 heterocycles. The van der Waals surface area contributed by atoms with Crippen molar-refractivity contribution in [2.45, 2.75) is 31.1 Å². The van der Waals surface area contributed by atoms with E-state index in [0.29, 0.717) is 29.8 Å². The molecule has 1 aromatic rings. The van der Waals surface area contributed by atoms with E-state index >= 15 is 0 Å². The summed E-state index contributed by atoms with van der Waals surface area (Å²) in [7, 11) is -3.34. The monoisotopic (exact) mass is 344 g/mol. The second-order valence-corrected chi connectivity index (χ2v) is 9.21. The van der Waals surface area contributed by atoms with Crippen LogP contribution in [0, 0.1) is 11.8 Å². The number of hydrogen-bond acceptors (Lipinski definition) is 3. The Morgan fingerprint density at radius 3 is 2.00 bits per heavy atom. The van der Waals surface area contributed by atoms with E-state index in [2.05, 4.69) is 26.1 Å². The minimum atomic E-state index is -3.34. The molecule has 6 heteroatoms. The van der Waals surface area contributed by atoms with Crippen molar-refractivity contribution in [1.29, 1.82) is 0 Å². The molecule has 0 unspecified atom stereocenters. The molecule has 22 heavy (non-hydrogen) atoms. The summed E-state index contributed by atoms with van der Waals surface area (Å²) < 4.78 is 27.1. The molecule has 0 saturated carbocycles. The fourth-order valence-corrected chi connectivity index (χ4v) is 4.84. The topological polar surface area (TPSA) is 49.4 Å². The van der Waals surface area contributed by atoms with Crippen molar-refractivity contribution in [3.63, 3.8) is 0 Å². The Bertz CT molecular complexity index is 611. The highest BCUT2D eigenvalue weighted by molar-refractivity contribution is 7.89. The van der Waals surface area contributed by atoms with Crippen molar-refractivity contribution in [2.24, 2.45) is 11.8 Å². The Hall–Kier alpha value is -0.620. The minimum Gasteiger partial charge on any atom is -0.316 e. The summed E-state index contributed by atoms with van der Waals surface area (Å²) in [6.07, 6.45) is 0. The lowest BCUT2D eigenvalue weighted by atomic mass is 9.87. The maximum Gasteiger partial charge on any atom is 0.243 e. The summed E-state index contributed by atoms with van der Waals surface area (Å²) in [5, 5.41) is 3.34. The van der Waals surface area contributed by atoms with Crippen LogP contribution < -0.4 is 5.32 Å². The summed E-state index contributed by atoms with van der Waals surface area (Å²) >= 11 is 0. The van der Waals surface area contributed by atoms with E-state index in [9.17, 15) is 8.42 Å². The lowest BCUT2D eigenvalue weighted by Gasteiger charge is -2.21. The van der Waals surface area contributed by atoms with E-state index in [1.807, 2.05) is 12.1 Å². The van der Waals surface area contributed by atoms with Gasteiger partial charge in [-0.1, -0.05) is 32.9 Å². The van der Waals surface area contributed by atoms with E-state index in [-0.39, 0.29) is 17.8 Å². The average molecular weight is 345 g/mol. The van der Waals surface area contributed by atoms with Crippen LogP contribution in [0.25, 0.3) is 0 Å². The van der Waals surface area contributed by atoms with Crippen LogP contribution in [0.5, 0.6) is 0 Å². The summed E-state index contributed by atoms with van der Waals surface area (Å²) in [5.41, 5.74) is 1.20. The van der Waals surface area contributed by atoms with Gasteiger partial charge in [0.2, 0.25) is 10.0 Å². The van der Waals surface area contributed by atoms with Gasteiger partial charge < -0.3 is 5.32 Å². The molecule has 2 saturated heterocycles. The molecular formula is C16H25ClN2O2S. The highest BCUT2D eigenvalue weighted by Gasteiger charge is 2.41. The molecule has 0 radical (unpaired) electrons. The quantitative estimate of drug-likeness (QED) is 0.895. The number of rotatable bonds is 2. The Balaban J connectivity index is 0.00000176. The summed E-state index contributed by atoms with van der Waals surface area (Å²) in [6, 6.07) is 7.38. The van der Waals surface area contributed by atoms with Gasteiger partial charge >= 0.3 is 0 Å². The third-order valence-corrected chi connectivity index (χ3v) is 6.56. The Labute approximate surface area is 139 Å². The Morgan fingerprint density at radius 2 is 1.55 bits per heavy atom. The smallest absolute Gasteiger partial charge is 0.243 e. The molecule has 0 spiro atoms. The molecule has 1 N–H and O–H groups in total. The molecule has 2 atom stereocenters. The van der Waals surface area contributed by atoms with E-state index in [4.69, 9.17) is 0 Å². The standard InChI is InChI=1S/C16H24N2O2S.ClH/c1-16(2,3)14-4-6-15(7-5-14)21(19,20)18-10-12-8-17-9-13(12)11-18;/h4-7,12-13,17H,8-11H2,1-3H3;1H/t12-,13+;. The van der Waals surface area contributed by atoms with Crippen LogP contribution >= 0.6 is 12.4 Å². The van der Waals surface area contributed by atoms with Gasteiger partial charge in [0.05, 0.1) is 4.90 Å². The van der Waals surface area contributed by atoms with Gasteiger partial charge in [0.15, 0.2) is 0 Å². The Kier molecular flexibility index (Phi) is 4.93. The molecule has 2 fully saturated rings. The average Bonchev–Trinajstić information content (AvgIpc) is 2.98. The minimum absolute atomic E-state index is 0. The van der Waals surface area contributed by atoms with Crippen LogP contribution in [0.1, 0.15) is 26.3 Å². The molecule has 1 aromatic carbocycles. The normalized spacial score (nSPS) is 25.8. The number of fused-ring (bicyclic) bond motifs is 1. The van der Waals surface area contributed by atoms with Gasteiger partial charge in [0, 0.05) is 13.1 Å². The van der Waals surface area contributed by atoms with Crippen molar-refractivity contribution in [3.8, 4) is 0 Å². The lowest BCUT2D eigenvalue weighted by Crippen LogP contribution is -2.32. The van der Waals surface area contributed by atoms with Crippen LogP contribution in [-0.4, -0.2) is 38.9 Å². The first-order valence-electron chi connectivity index (χ1n) is 7.60. The van der Waals surface area contributed by atoms with Crippen LogP contribution in [0.4, 0.5) is 0 Å². The first kappa shape index (κ1) is 17.7. The van der Waals surface area contributed by atoms with Crippen molar-refractivity contribution < 1.29 is 8.42 Å². The molecule has 4 nitrogen and oxygen atoms in total. The Morgan fingerprint density at radius 1 is 1.05 bits per heavy atom. The number of sulfonamides is 1. The fourth-order valence-electron chi connectivity index (χ4n) is 3.28.